The summed E-state index contributed by atoms with van der Waals surface area (Å²) in [4.78, 5) is 0. The Hall–Kier alpha value is -0.290. The Bertz CT molecular complexity index is 324. The number of ether oxygens (including phenoxy) is 1. The summed E-state index contributed by atoms with van der Waals surface area (Å²) in [6.45, 7) is 5.55. The zero-order valence-corrected chi connectivity index (χ0v) is 11.8. The van der Waals surface area contributed by atoms with Crippen molar-refractivity contribution in [3.8, 4) is 5.75 Å². The fourth-order valence-corrected chi connectivity index (χ4v) is 2.49. The van der Waals surface area contributed by atoms with Crippen LogP contribution in [-0.2, 0) is 0 Å². The van der Waals surface area contributed by atoms with Crippen molar-refractivity contribution >= 4 is 27.5 Å². The van der Waals surface area contributed by atoms with Crippen LogP contribution in [0.2, 0.25) is 5.02 Å². The first-order chi connectivity index (χ1) is 7.65. The van der Waals surface area contributed by atoms with E-state index in [0.29, 0.717) is 11.6 Å². The van der Waals surface area contributed by atoms with Crippen molar-refractivity contribution in [1.29, 1.82) is 0 Å². The lowest BCUT2D eigenvalue weighted by molar-refractivity contribution is -0.670. The first-order valence-electron chi connectivity index (χ1n) is 5.34. The van der Waals surface area contributed by atoms with Crippen molar-refractivity contribution in [2.24, 2.45) is 0 Å². The average molecular weight is 310 g/mol. The molecule has 90 valence electrons. The van der Waals surface area contributed by atoms with Crippen LogP contribution < -0.4 is 15.8 Å². The van der Waals surface area contributed by atoms with Crippen molar-refractivity contribution in [3.63, 3.8) is 0 Å². The molecule has 0 spiro atoms. The Balaban J connectivity index is 2.47. The molecule has 1 rings (SSSR count). The van der Waals surface area contributed by atoms with Crippen molar-refractivity contribution < 1.29 is 15.8 Å². The van der Waals surface area contributed by atoms with Gasteiger partial charge in [0.25, 0.3) is 0 Å². The number of quaternary nitrogens is 2. The van der Waals surface area contributed by atoms with Gasteiger partial charge in [-0.05, 0) is 40.5 Å². The monoisotopic (exact) mass is 308 g/mol. The molecule has 0 atom stereocenters. The van der Waals surface area contributed by atoms with Gasteiger partial charge in [-0.1, -0.05) is 11.6 Å². The van der Waals surface area contributed by atoms with Crippen molar-refractivity contribution in [1.82, 2.24) is 0 Å². The van der Waals surface area contributed by atoms with Gasteiger partial charge < -0.3 is 15.8 Å². The Morgan fingerprint density at radius 2 is 2.19 bits per heavy atom. The minimum Gasteiger partial charge on any atom is -0.485 e. The van der Waals surface area contributed by atoms with E-state index >= 15 is 0 Å². The molecule has 3 nitrogen and oxygen atoms in total. The first-order valence-corrected chi connectivity index (χ1v) is 6.51. The van der Waals surface area contributed by atoms with Gasteiger partial charge in [-0.2, -0.15) is 0 Å². The second-order valence-corrected chi connectivity index (χ2v) is 4.89. The lowest BCUT2D eigenvalue weighted by Gasteiger charge is -2.10. The fourth-order valence-electron chi connectivity index (χ4n) is 1.36. The van der Waals surface area contributed by atoms with Crippen LogP contribution in [-0.4, -0.2) is 26.2 Å². The number of nitrogens with two attached hydrogens (primary N) is 1. The molecule has 0 aliphatic heterocycles. The smallest absolute Gasteiger partial charge is 0.152 e. The maximum Gasteiger partial charge on any atom is 0.152 e. The van der Waals surface area contributed by atoms with Gasteiger partial charge in [0.15, 0.2) is 5.75 Å². The second-order valence-electron chi connectivity index (χ2n) is 3.63. The minimum absolute atomic E-state index is 0.654. The number of aryl methyl sites for hydroxylation is 1. The molecule has 5 heteroatoms. The molecule has 0 aliphatic carbocycles. The highest BCUT2D eigenvalue weighted by Crippen LogP contribution is 2.34. The van der Waals surface area contributed by atoms with E-state index in [2.05, 4.69) is 27.0 Å². The van der Waals surface area contributed by atoms with Gasteiger partial charge in [0.05, 0.1) is 9.50 Å². The highest BCUT2D eigenvalue weighted by Gasteiger charge is 2.07. The molecule has 1 aromatic carbocycles. The number of rotatable bonds is 6. The molecule has 16 heavy (non-hydrogen) atoms. The van der Waals surface area contributed by atoms with Crippen LogP contribution in [0.4, 0.5) is 0 Å². The standard InChI is InChI=1S/C11H16BrClN2O/c1-8-6-9(12)11(10(13)7-8)16-5-4-15-3-2-14/h6-7,15H,2-5,14H2,1H3/p+2. The Morgan fingerprint density at radius 1 is 1.44 bits per heavy atom. The lowest BCUT2D eigenvalue weighted by Crippen LogP contribution is -2.88. The van der Waals surface area contributed by atoms with Crippen LogP contribution in [0, 0.1) is 6.92 Å². The molecular weight excluding hydrogens is 291 g/mol. The fraction of sp³-hybridized carbons (Fsp3) is 0.455. The summed E-state index contributed by atoms with van der Waals surface area (Å²) in [5.41, 5.74) is 4.90. The summed E-state index contributed by atoms with van der Waals surface area (Å²) in [6, 6.07) is 3.90. The van der Waals surface area contributed by atoms with E-state index < -0.39 is 0 Å². The molecule has 5 N–H and O–H groups in total. The second kappa shape index (κ2) is 7.12. The predicted molar refractivity (Wildman–Crippen MR) is 68.8 cm³/mol. The van der Waals surface area contributed by atoms with Crippen molar-refractivity contribution in [2.75, 3.05) is 26.2 Å². The molecular formula is C11H18BrClN2O+2. The van der Waals surface area contributed by atoms with E-state index in [-0.39, 0.29) is 0 Å². The van der Waals surface area contributed by atoms with Crippen LogP contribution in [0.3, 0.4) is 0 Å². The summed E-state index contributed by atoms with van der Waals surface area (Å²) >= 11 is 9.55. The summed E-state index contributed by atoms with van der Waals surface area (Å²) in [6.07, 6.45) is 0. The molecule has 0 heterocycles. The van der Waals surface area contributed by atoms with Gasteiger partial charge in [-0.25, -0.2) is 0 Å². The highest BCUT2D eigenvalue weighted by molar-refractivity contribution is 9.10. The van der Waals surface area contributed by atoms with E-state index in [9.17, 15) is 0 Å². The molecule has 0 aliphatic rings. The van der Waals surface area contributed by atoms with E-state index in [4.69, 9.17) is 16.3 Å². The zero-order chi connectivity index (χ0) is 12.0. The maximum atomic E-state index is 6.10. The largest absolute Gasteiger partial charge is 0.485 e. The van der Waals surface area contributed by atoms with Crippen LogP contribution in [0.25, 0.3) is 0 Å². The van der Waals surface area contributed by atoms with E-state index in [1.807, 2.05) is 19.1 Å². The Morgan fingerprint density at radius 3 is 2.81 bits per heavy atom. The summed E-state index contributed by atoms with van der Waals surface area (Å²) in [5, 5.41) is 2.84. The molecule has 0 unspecified atom stereocenters. The molecule has 0 aromatic heterocycles. The number of halogens is 2. The third kappa shape index (κ3) is 4.29. The van der Waals surface area contributed by atoms with Gasteiger partial charge in [0, 0.05) is 0 Å². The summed E-state index contributed by atoms with van der Waals surface area (Å²) in [7, 11) is 0. The van der Waals surface area contributed by atoms with Gasteiger partial charge in [-0.15, -0.1) is 0 Å². The van der Waals surface area contributed by atoms with Gasteiger partial charge in [0.1, 0.15) is 26.2 Å². The van der Waals surface area contributed by atoms with Crippen LogP contribution >= 0.6 is 27.5 Å². The molecule has 0 radical (unpaired) electrons. The molecule has 0 amide bonds. The maximum absolute atomic E-state index is 6.10. The number of hydrogen-bond donors (Lipinski definition) is 2. The van der Waals surface area contributed by atoms with Crippen LogP contribution in [0.1, 0.15) is 5.56 Å². The van der Waals surface area contributed by atoms with Gasteiger partial charge >= 0.3 is 0 Å². The summed E-state index contributed by atoms with van der Waals surface area (Å²) in [5.74, 6) is 0.732. The lowest BCUT2D eigenvalue weighted by atomic mass is 10.2. The molecule has 0 saturated carbocycles. The quantitative estimate of drug-likeness (QED) is 0.743. The molecule has 1 aromatic rings. The van der Waals surface area contributed by atoms with Crippen molar-refractivity contribution in [2.45, 2.75) is 6.92 Å². The SMILES string of the molecule is Cc1cc(Cl)c(OCC[NH2+]CC[NH3+])c(Br)c1. The third-order valence-corrected chi connectivity index (χ3v) is 2.99. The predicted octanol–water partition coefficient (Wildman–Crippen LogP) is 0.595. The number of benzene rings is 1. The normalized spacial score (nSPS) is 10.5. The van der Waals surface area contributed by atoms with Crippen LogP contribution in [0.5, 0.6) is 5.75 Å². The minimum atomic E-state index is 0.654. The summed E-state index contributed by atoms with van der Waals surface area (Å²) < 4.78 is 6.55. The number of hydrogen-bond acceptors (Lipinski definition) is 1. The topological polar surface area (TPSA) is 53.5 Å². The Labute approximate surface area is 109 Å². The molecule has 0 bridgehead atoms. The van der Waals surface area contributed by atoms with E-state index in [1.165, 1.54) is 0 Å². The van der Waals surface area contributed by atoms with Gasteiger partial charge in [-0.3, -0.25) is 0 Å². The zero-order valence-electron chi connectivity index (χ0n) is 9.43. The average Bonchev–Trinajstić information content (AvgIpc) is 2.20. The third-order valence-electron chi connectivity index (χ3n) is 2.12. The van der Waals surface area contributed by atoms with E-state index in [0.717, 1.165) is 35.4 Å². The highest BCUT2D eigenvalue weighted by atomic mass is 79.9. The van der Waals surface area contributed by atoms with E-state index in [1.54, 1.807) is 0 Å². The molecule has 0 saturated heterocycles. The van der Waals surface area contributed by atoms with Gasteiger partial charge in [0.2, 0.25) is 0 Å². The first kappa shape index (κ1) is 13.8. The molecule has 0 fully saturated rings. The van der Waals surface area contributed by atoms with Crippen molar-refractivity contribution in [3.05, 3.63) is 27.2 Å². The Kier molecular flexibility index (Phi) is 6.13. The van der Waals surface area contributed by atoms with Crippen LogP contribution in [0.15, 0.2) is 16.6 Å².